The molecule has 0 spiro atoms. The van der Waals surface area contributed by atoms with E-state index in [1.807, 2.05) is 0 Å². The molecule has 0 amide bonds. The number of hydrogen-bond donors (Lipinski definition) is 0. The highest BCUT2D eigenvalue weighted by molar-refractivity contribution is 4.76. The Morgan fingerprint density at radius 3 is 2.70 bits per heavy atom. The molecule has 0 aromatic rings. The minimum absolute atomic E-state index is 0.596. The molecule has 2 unspecified atom stereocenters. The zero-order valence-corrected chi connectivity index (χ0v) is 7.13. The van der Waals surface area contributed by atoms with Crippen LogP contribution in [0.15, 0.2) is 0 Å². The first-order valence-corrected chi connectivity index (χ1v) is 4.05. The van der Waals surface area contributed by atoms with Crippen LogP contribution in [-0.4, -0.2) is 37.2 Å². The molecule has 1 aliphatic rings. The van der Waals surface area contributed by atoms with E-state index >= 15 is 0 Å². The number of likely N-dealkylation sites (N-methyl/N-ethyl adjacent to an activating group) is 1. The minimum atomic E-state index is 0.596. The van der Waals surface area contributed by atoms with E-state index in [-0.39, 0.29) is 0 Å². The van der Waals surface area contributed by atoms with Gasteiger partial charge < -0.3 is 4.74 Å². The van der Waals surface area contributed by atoms with E-state index in [4.69, 9.17) is 4.74 Å². The SMILES string of the molecule is CCC1COCC(C)N1C. The van der Waals surface area contributed by atoms with Crippen LogP contribution >= 0.6 is 0 Å². The Hall–Kier alpha value is -0.0800. The third-order valence-electron chi connectivity index (χ3n) is 2.41. The molecule has 1 aliphatic heterocycles. The summed E-state index contributed by atoms with van der Waals surface area (Å²) in [5, 5.41) is 0. The maximum Gasteiger partial charge on any atom is 0.0622 e. The second-order valence-corrected chi connectivity index (χ2v) is 3.11. The largest absolute Gasteiger partial charge is 0.378 e. The zero-order chi connectivity index (χ0) is 7.56. The summed E-state index contributed by atoms with van der Waals surface area (Å²) in [7, 11) is 2.18. The topological polar surface area (TPSA) is 12.5 Å². The summed E-state index contributed by atoms with van der Waals surface area (Å²) in [6, 6.07) is 1.24. The first-order chi connectivity index (χ1) is 4.75. The molecule has 0 saturated carbocycles. The van der Waals surface area contributed by atoms with Crippen molar-refractivity contribution in [1.29, 1.82) is 0 Å². The van der Waals surface area contributed by atoms with E-state index in [0.717, 1.165) is 13.2 Å². The molecule has 0 aromatic heterocycles. The average molecular weight is 143 g/mol. The third kappa shape index (κ3) is 1.50. The molecule has 1 fully saturated rings. The summed E-state index contributed by atoms with van der Waals surface area (Å²) in [5.74, 6) is 0. The van der Waals surface area contributed by atoms with Gasteiger partial charge in [-0.25, -0.2) is 0 Å². The Morgan fingerprint density at radius 2 is 2.20 bits per heavy atom. The van der Waals surface area contributed by atoms with Gasteiger partial charge in [-0.2, -0.15) is 0 Å². The Balaban J connectivity index is 2.42. The number of morpholine rings is 1. The second kappa shape index (κ2) is 3.35. The predicted molar refractivity (Wildman–Crippen MR) is 42.1 cm³/mol. The first-order valence-electron chi connectivity index (χ1n) is 4.05. The van der Waals surface area contributed by atoms with E-state index in [1.54, 1.807) is 0 Å². The van der Waals surface area contributed by atoms with Crippen molar-refractivity contribution in [2.45, 2.75) is 32.4 Å². The molecule has 0 N–H and O–H groups in total. The molecule has 2 heteroatoms. The van der Waals surface area contributed by atoms with Gasteiger partial charge in [0.15, 0.2) is 0 Å². The summed E-state index contributed by atoms with van der Waals surface area (Å²) in [6.07, 6.45) is 1.20. The number of ether oxygens (including phenoxy) is 1. The van der Waals surface area contributed by atoms with E-state index in [1.165, 1.54) is 6.42 Å². The number of hydrogen-bond acceptors (Lipinski definition) is 2. The lowest BCUT2D eigenvalue weighted by molar-refractivity contribution is -0.0303. The van der Waals surface area contributed by atoms with E-state index in [9.17, 15) is 0 Å². The van der Waals surface area contributed by atoms with Crippen molar-refractivity contribution in [3.05, 3.63) is 0 Å². The lowest BCUT2D eigenvalue weighted by Crippen LogP contribution is -2.48. The molecule has 1 heterocycles. The molecule has 1 saturated heterocycles. The molecule has 10 heavy (non-hydrogen) atoms. The fraction of sp³-hybridized carbons (Fsp3) is 1.00. The zero-order valence-electron chi connectivity index (χ0n) is 7.13. The van der Waals surface area contributed by atoms with Gasteiger partial charge in [0, 0.05) is 12.1 Å². The molecule has 0 aromatic carbocycles. The molecule has 0 radical (unpaired) electrons. The smallest absolute Gasteiger partial charge is 0.0622 e. The van der Waals surface area contributed by atoms with Crippen molar-refractivity contribution in [2.75, 3.05) is 20.3 Å². The van der Waals surface area contributed by atoms with Crippen LogP contribution in [0.5, 0.6) is 0 Å². The van der Waals surface area contributed by atoms with Crippen LogP contribution in [0.1, 0.15) is 20.3 Å². The van der Waals surface area contributed by atoms with E-state index in [2.05, 4.69) is 25.8 Å². The van der Waals surface area contributed by atoms with E-state index < -0.39 is 0 Å². The number of rotatable bonds is 1. The fourth-order valence-electron chi connectivity index (χ4n) is 1.38. The quantitative estimate of drug-likeness (QED) is 0.545. The van der Waals surface area contributed by atoms with E-state index in [0.29, 0.717) is 12.1 Å². The maximum atomic E-state index is 5.41. The number of nitrogens with zero attached hydrogens (tertiary/aromatic N) is 1. The molecule has 2 atom stereocenters. The molecule has 60 valence electrons. The molecule has 1 rings (SSSR count). The highest BCUT2D eigenvalue weighted by atomic mass is 16.5. The van der Waals surface area contributed by atoms with Crippen LogP contribution in [0.3, 0.4) is 0 Å². The van der Waals surface area contributed by atoms with Crippen LogP contribution in [0, 0.1) is 0 Å². The summed E-state index contributed by atoms with van der Waals surface area (Å²) < 4.78 is 5.41. The lowest BCUT2D eigenvalue weighted by atomic mass is 10.1. The monoisotopic (exact) mass is 143 g/mol. The molecular weight excluding hydrogens is 126 g/mol. The van der Waals surface area contributed by atoms with Crippen molar-refractivity contribution < 1.29 is 4.74 Å². The summed E-state index contributed by atoms with van der Waals surface area (Å²) in [5.41, 5.74) is 0. The molecular formula is C8H17NO. The lowest BCUT2D eigenvalue weighted by Gasteiger charge is -2.37. The maximum absolute atomic E-state index is 5.41. The van der Waals surface area contributed by atoms with Crippen LogP contribution in [0.2, 0.25) is 0 Å². The van der Waals surface area contributed by atoms with Gasteiger partial charge in [0.05, 0.1) is 13.2 Å². The van der Waals surface area contributed by atoms with Gasteiger partial charge in [-0.15, -0.1) is 0 Å². The summed E-state index contributed by atoms with van der Waals surface area (Å²) in [4.78, 5) is 2.41. The summed E-state index contributed by atoms with van der Waals surface area (Å²) in [6.45, 7) is 6.23. The van der Waals surface area contributed by atoms with Gasteiger partial charge in [-0.1, -0.05) is 6.92 Å². The highest BCUT2D eigenvalue weighted by Gasteiger charge is 2.22. The Labute approximate surface area is 63.2 Å². The van der Waals surface area contributed by atoms with Crippen LogP contribution in [0.4, 0.5) is 0 Å². The van der Waals surface area contributed by atoms with Crippen molar-refractivity contribution in [1.82, 2.24) is 4.90 Å². The molecule has 2 nitrogen and oxygen atoms in total. The van der Waals surface area contributed by atoms with Gasteiger partial charge in [-0.05, 0) is 20.4 Å². The van der Waals surface area contributed by atoms with Gasteiger partial charge in [-0.3, -0.25) is 4.90 Å². The van der Waals surface area contributed by atoms with Gasteiger partial charge in [0.2, 0.25) is 0 Å². The van der Waals surface area contributed by atoms with Crippen LogP contribution in [0.25, 0.3) is 0 Å². The fourth-order valence-corrected chi connectivity index (χ4v) is 1.38. The second-order valence-electron chi connectivity index (χ2n) is 3.11. The first kappa shape index (κ1) is 8.02. The van der Waals surface area contributed by atoms with Crippen LogP contribution < -0.4 is 0 Å². The van der Waals surface area contributed by atoms with Crippen molar-refractivity contribution >= 4 is 0 Å². The Bertz CT molecular complexity index is 105. The third-order valence-corrected chi connectivity index (χ3v) is 2.41. The molecule has 0 bridgehead atoms. The molecule has 0 aliphatic carbocycles. The minimum Gasteiger partial charge on any atom is -0.378 e. The van der Waals surface area contributed by atoms with Crippen molar-refractivity contribution in [3.63, 3.8) is 0 Å². The van der Waals surface area contributed by atoms with Gasteiger partial charge in [0.25, 0.3) is 0 Å². The van der Waals surface area contributed by atoms with Gasteiger partial charge in [0.1, 0.15) is 0 Å². The standard InChI is InChI=1S/C8H17NO/c1-4-8-6-10-5-7(2)9(8)3/h7-8H,4-6H2,1-3H3. The van der Waals surface area contributed by atoms with Gasteiger partial charge >= 0.3 is 0 Å². The summed E-state index contributed by atoms with van der Waals surface area (Å²) >= 11 is 0. The predicted octanol–water partition coefficient (Wildman–Crippen LogP) is 1.12. The van der Waals surface area contributed by atoms with Crippen molar-refractivity contribution in [2.24, 2.45) is 0 Å². The average Bonchev–Trinajstić information content (AvgIpc) is 1.95. The highest BCUT2D eigenvalue weighted by Crippen LogP contribution is 2.12. The van der Waals surface area contributed by atoms with Crippen LogP contribution in [-0.2, 0) is 4.74 Å². The van der Waals surface area contributed by atoms with Crippen molar-refractivity contribution in [3.8, 4) is 0 Å². The Kier molecular flexibility index (Phi) is 2.69. The normalized spacial score (nSPS) is 36.3. The Morgan fingerprint density at radius 1 is 1.50 bits per heavy atom.